The molecule has 2 amide bonds. The van der Waals surface area contributed by atoms with E-state index in [2.05, 4.69) is 27.4 Å². The fraction of sp³-hybridized carbons (Fsp3) is 0.733. The SMILES string of the molecule is Cc1csc(CNC(=O)NCCCN2CCCC[C@H]2C)n1. The predicted octanol–water partition coefficient (Wildman–Crippen LogP) is 2.52. The number of amides is 2. The third kappa shape index (κ3) is 5.63. The lowest BCUT2D eigenvalue weighted by Crippen LogP contribution is -2.40. The van der Waals surface area contributed by atoms with Gasteiger partial charge in [-0.15, -0.1) is 11.3 Å². The zero-order chi connectivity index (χ0) is 15.1. The number of urea groups is 1. The Hall–Kier alpha value is -1.14. The Balaban J connectivity index is 1.54. The van der Waals surface area contributed by atoms with Crippen molar-refractivity contribution >= 4 is 17.4 Å². The Kier molecular flexibility index (Phi) is 6.45. The predicted molar refractivity (Wildman–Crippen MR) is 86.6 cm³/mol. The van der Waals surface area contributed by atoms with Crippen molar-refractivity contribution in [2.45, 2.75) is 52.1 Å². The minimum atomic E-state index is -0.102. The number of carbonyl (C=O) groups is 1. The van der Waals surface area contributed by atoms with Crippen molar-refractivity contribution in [3.05, 3.63) is 16.1 Å². The van der Waals surface area contributed by atoms with Crippen molar-refractivity contribution in [3.63, 3.8) is 0 Å². The third-order valence-corrected chi connectivity index (χ3v) is 4.88. The number of hydrogen-bond acceptors (Lipinski definition) is 4. The standard InChI is InChI=1S/C15H26N4OS/c1-12-11-21-14(18-12)10-17-15(20)16-7-5-9-19-8-4-3-6-13(19)2/h11,13H,3-10H2,1-2H3,(H2,16,17,20)/t13-/m1/s1. The molecule has 2 rings (SSSR count). The molecule has 1 aliphatic heterocycles. The summed E-state index contributed by atoms with van der Waals surface area (Å²) in [5, 5.41) is 8.70. The molecule has 1 aromatic heterocycles. The van der Waals surface area contributed by atoms with E-state index in [9.17, 15) is 4.79 Å². The van der Waals surface area contributed by atoms with Crippen LogP contribution in [0.2, 0.25) is 0 Å². The summed E-state index contributed by atoms with van der Waals surface area (Å²) < 4.78 is 0. The molecule has 0 aliphatic carbocycles. The average Bonchev–Trinajstić information content (AvgIpc) is 2.89. The van der Waals surface area contributed by atoms with Crippen LogP contribution in [0.5, 0.6) is 0 Å². The van der Waals surface area contributed by atoms with Crippen LogP contribution in [0.25, 0.3) is 0 Å². The van der Waals surface area contributed by atoms with Crippen molar-refractivity contribution in [1.29, 1.82) is 0 Å². The smallest absolute Gasteiger partial charge is 0.315 e. The highest BCUT2D eigenvalue weighted by Crippen LogP contribution is 2.16. The van der Waals surface area contributed by atoms with Gasteiger partial charge in [0, 0.05) is 30.2 Å². The summed E-state index contributed by atoms with van der Waals surface area (Å²) in [6.07, 6.45) is 4.98. The van der Waals surface area contributed by atoms with Crippen LogP contribution in [0.4, 0.5) is 4.79 Å². The van der Waals surface area contributed by atoms with Crippen LogP contribution in [0, 0.1) is 6.92 Å². The van der Waals surface area contributed by atoms with Crippen LogP contribution >= 0.6 is 11.3 Å². The first-order valence-corrected chi connectivity index (χ1v) is 8.70. The van der Waals surface area contributed by atoms with Crippen LogP contribution in [0.1, 0.15) is 43.3 Å². The molecule has 2 heterocycles. The number of thiazole rings is 1. The molecule has 0 spiro atoms. The first-order chi connectivity index (χ1) is 10.1. The Morgan fingerprint density at radius 1 is 1.48 bits per heavy atom. The van der Waals surface area contributed by atoms with Crippen LogP contribution < -0.4 is 10.6 Å². The van der Waals surface area contributed by atoms with Crippen molar-refractivity contribution in [3.8, 4) is 0 Å². The number of hydrogen-bond donors (Lipinski definition) is 2. The number of piperidine rings is 1. The Morgan fingerprint density at radius 3 is 3.05 bits per heavy atom. The molecule has 1 aromatic rings. The van der Waals surface area contributed by atoms with Crippen LogP contribution in [-0.4, -0.2) is 41.6 Å². The fourth-order valence-electron chi connectivity index (χ4n) is 2.68. The second kappa shape index (κ2) is 8.34. The van der Waals surface area contributed by atoms with E-state index in [1.54, 1.807) is 11.3 Å². The first kappa shape index (κ1) is 16.2. The van der Waals surface area contributed by atoms with Crippen molar-refractivity contribution in [2.75, 3.05) is 19.6 Å². The van der Waals surface area contributed by atoms with E-state index in [0.29, 0.717) is 12.6 Å². The number of nitrogens with one attached hydrogen (secondary N) is 2. The summed E-state index contributed by atoms with van der Waals surface area (Å²) in [5.41, 5.74) is 1.01. The molecule has 21 heavy (non-hydrogen) atoms. The largest absolute Gasteiger partial charge is 0.338 e. The monoisotopic (exact) mass is 310 g/mol. The van der Waals surface area contributed by atoms with Gasteiger partial charge in [-0.05, 0) is 39.7 Å². The van der Waals surface area contributed by atoms with Gasteiger partial charge in [0.1, 0.15) is 5.01 Å². The van der Waals surface area contributed by atoms with Gasteiger partial charge >= 0.3 is 6.03 Å². The minimum Gasteiger partial charge on any atom is -0.338 e. The molecule has 1 fully saturated rings. The Labute approximate surface area is 131 Å². The Bertz CT molecular complexity index is 449. The highest BCUT2D eigenvalue weighted by atomic mass is 32.1. The highest BCUT2D eigenvalue weighted by molar-refractivity contribution is 7.09. The van der Waals surface area contributed by atoms with E-state index in [-0.39, 0.29) is 6.03 Å². The molecule has 0 bridgehead atoms. The van der Waals surface area contributed by atoms with Gasteiger partial charge in [-0.3, -0.25) is 0 Å². The topological polar surface area (TPSA) is 57.3 Å². The molecule has 0 unspecified atom stereocenters. The molecule has 1 saturated heterocycles. The second-order valence-corrected chi connectivity index (χ2v) is 6.67. The Morgan fingerprint density at radius 2 is 2.33 bits per heavy atom. The number of carbonyl (C=O) groups excluding carboxylic acids is 1. The van der Waals surface area contributed by atoms with E-state index in [4.69, 9.17) is 0 Å². The number of aromatic nitrogens is 1. The summed E-state index contributed by atoms with van der Waals surface area (Å²) in [6, 6.07) is 0.593. The second-order valence-electron chi connectivity index (χ2n) is 5.73. The van der Waals surface area contributed by atoms with E-state index in [0.717, 1.165) is 30.2 Å². The molecule has 5 nitrogen and oxygen atoms in total. The molecule has 1 aliphatic rings. The van der Waals surface area contributed by atoms with Gasteiger partial charge < -0.3 is 15.5 Å². The summed E-state index contributed by atoms with van der Waals surface area (Å²) in [7, 11) is 0. The molecule has 2 N–H and O–H groups in total. The van der Waals surface area contributed by atoms with E-state index in [1.165, 1.54) is 25.8 Å². The summed E-state index contributed by atoms with van der Waals surface area (Å²) in [5.74, 6) is 0. The van der Waals surface area contributed by atoms with Gasteiger partial charge in [-0.2, -0.15) is 0 Å². The van der Waals surface area contributed by atoms with E-state index in [1.807, 2.05) is 12.3 Å². The van der Waals surface area contributed by atoms with E-state index >= 15 is 0 Å². The quantitative estimate of drug-likeness (QED) is 0.794. The molecule has 6 heteroatoms. The molecule has 1 atom stereocenters. The molecule has 0 saturated carbocycles. The number of rotatable bonds is 6. The third-order valence-electron chi connectivity index (χ3n) is 3.91. The summed E-state index contributed by atoms with van der Waals surface area (Å²) in [4.78, 5) is 18.5. The molecular weight excluding hydrogens is 284 g/mol. The first-order valence-electron chi connectivity index (χ1n) is 7.82. The van der Waals surface area contributed by atoms with Gasteiger partial charge in [-0.25, -0.2) is 9.78 Å². The van der Waals surface area contributed by atoms with Gasteiger partial charge in [0.25, 0.3) is 0 Å². The highest BCUT2D eigenvalue weighted by Gasteiger charge is 2.17. The van der Waals surface area contributed by atoms with E-state index < -0.39 is 0 Å². The molecule has 0 aromatic carbocycles. The lowest BCUT2D eigenvalue weighted by atomic mass is 10.0. The number of aryl methyl sites for hydroxylation is 1. The van der Waals surface area contributed by atoms with Crippen molar-refractivity contribution in [1.82, 2.24) is 20.5 Å². The van der Waals surface area contributed by atoms with Crippen LogP contribution in [0.3, 0.4) is 0 Å². The van der Waals surface area contributed by atoms with Crippen molar-refractivity contribution in [2.24, 2.45) is 0 Å². The molecular formula is C15H26N4OS. The fourth-order valence-corrected chi connectivity index (χ4v) is 3.39. The average molecular weight is 310 g/mol. The van der Waals surface area contributed by atoms with Gasteiger partial charge in [0.2, 0.25) is 0 Å². The summed E-state index contributed by atoms with van der Waals surface area (Å²) in [6.45, 7) is 7.78. The molecule has 0 radical (unpaired) electrons. The van der Waals surface area contributed by atoms with Gasteiger partial charge in [-0.1, -0.05) is 6.42 Å². The number of nitrogens with zero attached hydrogens (tertiary/aromatic N) is 2. The van der Waals surface area contributed by atoms with Gasteiger partial charge in [0.15, 0.2) is 0 Å². The zero-order valence-electron chi connectivity index (χ0n) is 13.0. The minimum absolute atomic E-state index is 0.102. The zero-order valence-corrected chi connectivity index (χ0v) is 13.8. The maximum Gasteiger partial charge on any atom is 0.315 e. The number of likely N-dealkylation sites (tertiary alicyclic amines) is 1. The normalized spacial score (nSPS) is 19.4. The summed E-state index contributed by atoms with van der Waals surface area (Å²) >= 11 is 1.58. The maximum absolute atomic E-state index is 11.7. The van der Waals surface area contributed by atoms with Crippen molar-refractivity contribution < 1.29 is 4.79 Å². The van der Waals surface area contributed by atoms with Crippen LogP contribution in [-0.2, 0) is 6.54 Å². The molecule has 118 valence electrons. The lowest BCUT2D eigenvalue weighted by Gasteiger charge is -2.33. The van der Waals surface area contributed by atoms with Crippen LogP contribution in [0.15, 0.2) is 5.38 Å². The lowest BCUT2D eigenvalue weighted by molar-refractivity contribution is 0.159. The van der Waals surface area contributed by atoms with Gasteiger partial charge in [0.05, 0.1) is 6.54 Å². The maximum atomic E-state index is 11.7.